The van der Waals surface area contributed by atoms with Gasteiger partial charge >= 0.3 is 18.2 Å². The van der Waals surface area contributed by atoms with Crippen LogP contribution in [0.1, 0.15) is 50.2 Å². The molecule has 0 fully saturated rings. The van der Waals surface area contributed by atoms with Crippen LogP contribution in [-0.4, -0.2) is 56.7 Å². The summed E-state index contributed by atoms with van der Waals surface area (Å²) in [6.45, 7) is 6.79. The Labute approximate surface area is 200 Å². The van der Waals surface area contributed by atoms with E-state index in [1.807, 2.05) is 51.1 Å². The van der Waals surface area contributed by atoms with Crippen molar-refractivity contribution < 1.29 is 37.4 Å². The summed E-state index contributed by atoms with van der Waals surface area (Å²) in [6.07, 6.45) is -2.91. The van der Waals surface area contributed by atoms with E-state index in [9.17, 15) is 22.8 Å². The normalized spacial score (nSPS) is 17.2. The molecule has 0 bridgehead atoms. The van der Waals surface area contributed by atoms with Gasteiger partial charge in [-0.15, -0.1) is 0 Å². The molecule has 1 aliphatic rings. The number of nitrogens with one attached hydrogen (secondary N) is 2. The predicted molar refractivity (Wildman–Crippen MR) is 119 cm³/mol. The number of H-pyrrole nitrogens is 1. The number of carbonyl (C=O) groups is 3. The lowest BCUT2D eigenvalue weighted by atomic mass is 9.94. The number of aromatic nitrogens is 2. The molecule has 0 aliphatic carbocycles. The average Bonchev–Trinajstić information content (AvgIpc) is 3.28. The third-order valence-corrected chi connectivity index (χ3v) is 5.17. The number of aromatic amines is 1. The Bertz CT molecular complexity index is 995. The zero-order valence-electron chi connectivity index (χ0n) is 19.6. The van der Waals surface area contributed by atoms with Gasteiger partial charge in [0, 0.05) is 18.7 Å². The highest BCUT2D eigenvalue weighted by molar-refractivity contribution is 5.86. The second-order valence-electron chi connectivity index (χ2n) is 8.30. The van der Waals surface area contributed by atoms with E-state index < -0.39 is 24.3 Å². The zero-order valence-corrected chi connectivity index (χ0v) is 19.6. The Morgan fingerprint density at radius 2 is 1.89 bits per heavy atom. The van der Waals surface area contributed by atoms with E-state index >= 15 is 0 Å². The van der Waals surface area contributed by atoms with Gasteiger partial charge in [-0.1, -0.05) is 51.1 Å². The quantitative estimate of drug-likeness (QED) is 0.556. The minimum Gasteiger partial charge on any atom is -0.475 e. The van der Waals surface area contributed by atoms with Crippen molar-refractivity contribution in [2.45, 2.75) is 58.5 Å². The first-order chi connectivity index (χ1) is 16.5. The van der Waals surface area contributed by atoms with Crippen LogP contribution in [-0.2, 0) is 27.4 Å². The summed E-state index contributed by atoms with van der Waals surface area (Å²) >= 11 is 0. The number of carbonyl (C=O) groups excluding carboxylic acids is 2. The smallest absolute Gasteiger partial charge is 0.475 e. The summed E-state index contributed by atoms with van der Waals surface area (Å²) in [5.41, 5.74) is 2.62. The van der Waals surface area contributed by atoms with Crippen molar-refractivity contribution in [2.75, 3.05) is 6.54 Å². The molecule has 35 heavy (non-hydrogen) atoms. The fourth-order valence-electron chi connectivity index (χ4n) is 3.50. The van der Waals surface area contributed by atoms with Crippen molar-refractivity contribution in [1.82, 2.24) is 20.2 Å². The summed E-state index contributed by atoms with van der Waals surface area (Å²) in [7, 11) is 0. The number of hydrogen-bond acceptors (Lipinski definition) is 5. The van der Waals surface area contributed by atoms with Crippen molar-refractivity contribution in [3.8, 4) is 0 Å². The number of imidazole rings is 1. The second kappa shape index (κ2) is 12.2. The number of amides is 2. The number of benzene rings is 1. The SMILES string of the molecule is CC[C@H]1c2nc[nH]c2C[C@@H](C(=O)NCC(C)C)N1C(=O)OCc1ccccc1.O=C(O)C(F)(F)F. The van der Waals surface area contributed by atoms with Gasteiger partial charge in [-0.05, 0) is 17.9 Å². The van der Waals surface area contributed by atoms with E-state index in [2.05, 4.69) is 15.3 Å². The lowest BCUT2D eigenvalue weighted by molar-refractivity contribution is -0.192. The largest absolute Gasteiger partial charge is 0.490 e. The number of halogens is 3. The van der Waals surface area contributed by atoms with Crippen LogP contribution in [0.4, 0.5) is 18.0 Å². The average molecular weight is 499 g/mol. The third kappa shape index (κ3) is 7.72. The maximum Gasteiger partial charge on any atom is 0.490 e. The van der Waals surface area contributed by atoms with E-state index in [-0.39, 0.29) is 18.6 Å². The Balaban J connectivity index is 0.000000540. The Hall–Kier alpha value is -3.57. The van der Waals surface area contributed by atoms with Gasteiger partial charge in [0.05, 0.1) is 18.1 Å². The first kappa shape index (κ1) is 27.7. The van der Waals surface area contributed by atoms with Crippen molar-refractivity contribution in [3.05, 3.63) is 53.6 Å². The Kier molecular flexibility index (Phi) is 9.67. The molecule has 2 aromatic rings. The first-order valence-corrected chi connectivity index (χ1v) is 11.0. The highest BCUT2D eigenvalue weighted by Gasteiger charge is 2.42. The van der Waals surface area contributed by atoms with Crippen LogP contribution in [0.3, 0.4) is 0 Å². The van der Waals surface area contributed by atoms with Crippen LogP contribution < -0.4 is 5.32 Å². The number of fused-ring (bicyclic) bond motifs is 1. The van der Waals surface area contributed by atoms with Crippen LogP contribution in [0.15, 0.2) is 36.7 Å². The van der Waals surface area contributed by atoms with Gasteiger partial charge in [0.2, 0.25) is 5.91 Å². The van der Waals surface area contributed by atoms with Gasteiger partial charge in [-0.2, -0.15) is 13.2 Å². The molecule has 3 N–H and O–H groups in total. The number of hydrogen-bond donors (Lipinski definition) is 3. The van der Waals surface area contributed by atoms with Crippen LogP contribution in [0.5, 0.6) is 0 Å². The zero-order chi connectivity index (χ0) is 26.2. The first-order valence-electron chi connectivity index (χ1n) is 11.0. The molecule has 9 nitrogen and oxygen atoms in total. The maximum absolute atomic E-state index is 13.0. The number of aliphatic carboxylic acids is 1. The fraction of sp³-hybridized carbons (Fsp3) is 0.478. The number of alkyl halides is 3. The molecule has 2 amide bonds. The van der Waals surface area contributed by atoms with Crippen molar-refractivity contribution in [3.63, 3.8) is 0 Å². The molecular weight excluding hydrogens is 469 g/mol. The molecule has 3 rings (SSSR count). The topological polar surface area (TPSA) is 125 Å². The maximum atomic E-state index is 13.0. The fourth-order valence-corrected chi connectivity index (χ4v) is 3.50. The molecule has 0 unspecified atom stereocenters. The summed E-state index contributed by atoms with van der Waals surface area (Å²) in [5.74, 6) is -2.59. The molecule has 2 atom stereocenters. The molecular formula is C23H29F3N4O5. The highest BCUT2D eigenvalue weighted by Crippen LogP contribution is 2.34. The molecule has 2 heterocycles. The number of ether oxygens (including phenoxy) is 1. The van der Waals surface area contributed by atoms with Gasteiger partial charge in [-0.3, -0.25) is 9.69 Å². The summed E-state index contributed by atoms with van der Waals surface area (Å²) in [4.78, 5) is 43.9. The highest BCUT2D eigenvalue weighted by atomic mass is 19.4. The van der Waals surface area contributed by atoms with Crippen LogP contribution in [0.2, 0.25) is 0 Å². The number of carboxylic acids is 1. The van der Waals surface area contributed by atoms with E-state index in [0.717, 1.165) is 17.0 Å². The molecule has 0 spiro atoms. The molecule has 192 valence electrons. The van der Waals surface area contributed by atoms with Crippen LogP contribution >= 0.6 is 0 Å². The minimum atomic E-state index is -5.08. The van der Waals surface area contributed by atoms with E-state index in [1.54, 1.807) is 11.2 Å². The molecule has 0 saturated heterocycles. The summed E-state index contributed by atoms with van der Waals surface area (Å²) < 4.78 is 37.3. The van der Waals surface area contributed by atoms with E-state index in [0.29, 0.717) is 25.3 Å². The van der Waals surface area contributed by atoms with Gasteiger partial charge in [-0.25, -0.2) is 14.6 Å². The molecule has 1 aromatic heterocycles. The van der Waals surface area contributed by atoms with Gasteiger partial charge in [0.15, 0.2) is 0 Å². The third-order valence-electron chi connectivity index (χ3n) is 5.17. The standard InChI is InChI=1S/C21H28N4O3.C2HF3O2/c1-4-17-19-16(23-13-24-19)10-18(20(26)22-11-14(2)3)25(17)21(27)28-12-15-8-6-5-7-9-15;3-2(4,5)1(6)7/h5-9,13-14,17-18H,4,10-12H2,1-3H3,(H,22,26)(H,23,24);(H,6,7)/t17-,18-;/m0./s1. The molecule has 0 saturated carbocycles. The monoisotopic (exact) mass is 498 g/mol. The van der Waals surface area contributed by atoms with Gasteiger partial charge < -0.3 is 20.1 Å². The van der Waals surface area contributed by atoms with Crippen LogP contribution in [0, 0.1) is 5.92 Å². The van der Waals surface area contributed by atoms with Crippen molar-refractivity contribution in [2.24, 2.45) is 5.92 Å². The summed E-state index contributed by atoms with van der Waals surface area (Å²) in [6, 6.07) is 8.59. The predicted octanol–water partition coefficient (Wildman–Crippen LogP) is 3.83. The lowest BCUT2D eigenvalue weighted by Gasteiger charge is -2.39. The second-order valence-corrected chi connectivity index (χ2v) is 8.30. The van der Waals surface area contributed by atoms with Gasteiger partial charge in [0.25, 0.3) is 0 Å². The van der Waals surface area contributed by atoms with Crippen molar-refractivity contribution in [1.29, 1.82) is 0 Å². The van der Waals surface area contributed by atoms with Crippen molar-refractivity contribution >= 4 is 18.0 Å². The summed E-state index contributed by atoms with van der Waals surface area (Å²) in [5, 5.41) is 10.1. The molecule has 0 radical (unpaired) electrons. The van der Waals surface area contributed by atoms with E-state index in [4.69, 9.17) is 14.6 Å². The van der Waals surface area contributed by atoms with Gasteiger partial charge in [0.1, 0.15) is 12.6 Å². The molecule has 1 aromatic carbocycles. The van der Waals surface area contributed by atoms with E-state index in [1.165, 1.54) is 0 Å². The number of rotatable bonds is 6. The lowest BCUT2D eigenvalue weighted by Crippen LogP contribution is -2.55. The Morgan fingerprint density at radius 1 is 1.26 bits per heavy atom. The molecule has 1 aliphatic heterocycles. The molecule has 12 heteroatoms. The number of carboxylic acid groups (broad SMARTS) is 1. The Morgan fingerprint density at radius 3 is 2.43 bits per heavy atom. The number of nitrogens with zero attached hydrogens (tertiary/aromatic N) is 2. The van der Waals surface area contributed by atoms with Crippen LogP contribution in [0.25, 0.3) is 0 Å². The minimum absolute atomic E-state index is 0.163.